The minimum atomic E-state index is -0.0545. The predicted molar refractivity (Wildman–Crippen MR) is 65.0 cm³/mol. The van der Waals surface area contributed by atoms with Gasteiger partial charge in [0.15, 0.2) is 0 Å². The number of rotatable bonds is 3. The molecule has 0 saturated carbocycles. The highest BCUT2D eigenvalue weighted by molar-refractivity contribution is 5.98. The lowest BCUT2D eigenvalue weighted by Crippen LogP contribution is -2.38. The summed E-state index contributed by atoms with van der Waals surface area (Å²) in [4.78, 5) is 17.7. The molecule has 4 heteroatoms. The van der Waals surface area contributed by atoms with Crippen molar-refractivity contribution in [2.24, 2.45) is 5.92 Å². The number of pyridine rings is 1. The smallest absolute Gasteiger partial charge is 0.256 e. The third-order valence-electron chi connectivity index (χ3n) is 2.98. The van der Waals surface area contributed by atoms with Gasteiger partial charge in [-0.2, -0.15) is 0 Å². The Morgan fingerprint density at radius 3 is 2.56 bits per heavy atom. The van der Waals surface area contributed by atoms with E-state index in [0.29, 0.717) is 17.2 Å². The van der Waals surface area contributed by atoms with Gasteiger partial charge in [-0.3, -0.25) is 9.78 Å². The normalized spacial score (nSPS) is 12.6. The van der Waals surface area contributed by atoms with Crippen LogP contribution in [0.15, 0.2) is 18.5 Å². The Morgan fingerprint density at radius 1 is 1.44 bits per heavy atom. The molecule has 2 N–H and O–H groups in total. The number of carbonyl (C=O) groups is 1. The molecule has 0 saturated heterocycles. The quantitative estimate of drug-likeness (QED) is 0.846. The van der Waals surface area contributed by atoms with E-state index >= 15 is 0 Å². The number of nitrogens with two attached hydrogens (primary N) is 1. The van der Waals surface area contributed by atoms with Gasteiger partial charge < -0.3 is 10.6 Å². The van der Waals surface area contributed by atoms with Gasteiger partial charge in [0.25, 0.3) is 5.91 Å². The van der Waals surface area contributed by atoms with E-state index in [-0.39, 0.29) is 11.9 Å². The van der Waals surface area contributed by atoms with Crippen molar-refractivity contribution in [3.63, 3.8) is 0 Å². The summed E-state index contributed by atoms with van der Waals surface area (Å²) in [6, 6.07) is 1.83. The summed E-state index contributed by atoms with van der Waals surface area (Å²) in [6.45, 7) is 6.20. The van der Waals surface area contributed by atoms with E-state index in [9.17, 15) is 4.79 Å². The number of carbonyl (C=O) groups excluding carboxylic acids is 1. The summed E-state index contributed by atoms with van der Waals surface area (Å²) >= 11 is 0. The summed E-state index contributed by atoms with van der Waals surface area (Å²) in [6.07, 6.45) is 3.08. The van der Waals surface area contributed by atoms with E-state index in [1.54, 1.807) is 24.2 Å². The van der Waals surface area contributed by atoms with Gasteiger partial charge in [-0.1, -0.05) is 13.8 Å². The maximum absolute atomic E-state index is 12.1. The van der Waals surface area contributed by atoms with Crippen molar-refractivity contribution in [1.82, 2.24) is 9.88 Å². The van der Waals surface area contributed by atoms with Crippen molar-refractivity contribution < 1.29 is 4.79 Å². The predicted octanol–water partition coefficient (Wildman–Crippen LogP) is 1.78. The molecule has 16 heavy (non-hydrogen) atoms. The van der Waals surface area contributed by atoms with Gasteiger partial charge in [0.2, 0.25) is 0 Å². The van der Waals surface area contributed by atoms with Gasteiger partial charge in [0.05, 0.1) is 17.4 Å². The lowest BCUT2D eigenvalue weighted by atomic mass is 10.0. The topological polar surface area (TPSA) is 59.2 Å². The minimum Gasteiger partial charge on any atom is -0.397 e. The number of aromatic nitrogens is 1. The van der Waals surface area contributed by atoms with Crippen LogP contribution in [0.3, 0.4) is 0 Å². The van der Waals surface area contributed by atoms with Crippen molar-refractivity contribution in [3.8, 4) is 0 Å². The minimum absolute atomic E-state index is 0.0545. The second-order valence-electron chi connectivity index (χ2n) is 4.36. The van der Waals surface area contributed by atoms with Crippen LogP contribution in [0.5, 0.6) is 0 Å². The molecule has 1 unspecified atom stereocenters. The highest BCUT2D eigenvalue weighted by Crippen LogP contribution is 2.15. The average Bonchev–Trinajstić information content (AvgIpc) is 2.26. The second kappa shape index (κ2) is 4.96. The zero-order valence-corrected chi connectivity index (χ0v) is 10.3. The summed E-state index contributed by atoms with van der Waals surface area (Å²) < 4.78 is 0. The standard InChI is InChI=1S/C12H19N3O/c1-8(2)9(3)15(4)12(16)10-5-6-14-7-11(10)13/h5-9H,13H2,1-4H3. The highest BCUT2D eigenvalue weighted by atomic mass is 16.2. The molecule has 0 aliphatic heterocycles. The molecule has 0 aromatic carbocycles. The van der Waals surface area contributed by atoms with Gasteiger partial charge in [0.1, 0.15) is 0 Å². The molecule has 0 fully saturated rings. The molecular formula is C12H19N3O. The summed E-state index contributed by atoms with van der Waals surface area (Å²) in [7, 11) is 1.80. The number of hydrogen-bond donors (Lipinski definition) is 1. The zero-order chi connectivity index (χ0) is 12.3. The number of amides is 1. The van der Waals surface area contributed by atoms with Crippen LogP contribution >= 0.6 is 0 Å². The molecule has 0 aliphatic rings. The van der Waals surface area contributed by atoms with Crippen LogP contribution in [-0.2, 0) is 0 Å². The Morgan fingerprint density at radius 2 is 2.06 bits per heavy atom. The van der Waals surface area contributed by atoms with E-state index < -0.39 is 0 Å². The van der Waals surface area contributed by atoms with Gasteiger partial charge >= 0.3 is 0 Å². The Bertz CT molecular complexity index is 376. The van der Waals surface area contributed by atoms with Crippen LogP contribution < -0.4 is 5.73 Å². The Labute approximate surface area is 96.5 Å². The van der Waals surface area contributed by atoms with Crippen molar-refractivity contribution in [1.29, 1.82) is 0 Å². The molecule has 4 nitrogen and oxygen atoms in total. The van der Waals surface area contributed by atoms with Crippen LogP contribution in [0.4, 0.5) is 5.69 Å². The molecule has 0 spiro atoms. The molecule has 1 heterocycles. The van der Waals surface area contributed by atoms with Crippen molar-refractivity contribution in [2.75, 3.05) is 12.8 Å². The monoisotopic (exact) mass is 221 g/mol. The first kappa shape index (κ1) is 12.5. The number of anilines is 1. The summed E-state index contributed by atoms with van der Waals surface area (Å²) in [5, 5.41) is 0. The summed E-state index contributed by atoms with van der Waals surface area (Å²) in [5.41, 5.74) is 6.67. The maximum atomic E-state index is 12.1. The van der Waals surface area contributed by atoms with Crippen LogP contribution in [0.1, 0.15) is 31.1 Å². The van der Waals surface area contributed by atoms with Crippen LogP contribution in [0.2, 0.25) is 0 Å². The highest BCUT2D eigenvalue weighted by Gasteiger charge is 2.21. The first-order chi connectivity index (χ1) is 7.45. The molecule has 1 aromatic rings. The molecule has 1 amide bonds. The largest absolute Gasteiger partial charge is 0.397 e. The zero-order valence-electron chi connectivity index (χ0n) is 10.3. The first-order valence-electron chi connectivity index (χ1n) is 5.41. The second-order valence-corrected chi connectivity index (χ2v) is 4.36. The Kier molecular flexibility index (Phi) is 3.88. The van der Waals surface area contributed by atoms with Crippen molar-refractivity contribution >= 4 is 11.6 Å². The van der Waals surface area contributed by atoms with Gasteiger partial charge in [-0.05, 0) is 18.9 Å². The fraction of sp³-hybridized carbons (Fsp3) is 0.500. The average molecular weight is 221 g/mol. The van der Waals surface area contributed by atoms with E-state index in [1.165, 1.54) is 6.20 Å². The molecular weight excluding hydrogens is 202 g/mol. The van der Waals surface area contributed by atoms with Gasteiger partial charge in [-0.25, -0.2) is 0 Å². The van der Waals surface area contributed by atoms with E-state index in [2.05, 4.69) is 18.8 Å². The van der Waals surface area contributed by atoms with E-state index in [1.807, 2.05) is 6.92 Å². The van der Waals surface area contributed by atoms with Crippen molar-refractivity contribution in [3.05, 3.63) is 24.0 Å². The third kappa shape index (κ3) is 2.51. The molecule has 88 valence electrons. The van der Waals surface area contributed by atoms with Crippen LogP contribution in [-0.4, -0.2) is 28.9 Å². The Balaban J connectivity index is 2.91. The third-order valence-corrected chi connectivity index (χ3v) is 2.98. The molecule has 1 atom stereocenters. The van der Waals surface area contributed by atoms with Gasteiger partial charge in [0, 0.05) is 19.3 Å². The Hall–Kier alpha value is -1.58. The molecule has 1 aromatic heterocycles. The first-order valence-corrected chi connectivity index (χ1v) is 5.41. The van der Waals surface area contributed by atoms with Gasteiger partial charge in [-0.15, -0.1) is 0 Å². The fourth-order valence-corrected chi connectivity index (χ4v) is 1.42. The molecule has 1 rings (SSSR count). The van der Waals surface area contributed by atoms with Crippen LogP contribution in [0, 0.1) is 5.92 Å². The fourth-order valence-electron chi connectivity index (χ4n) is 1.42. The number of hydrogen-bond acceptors (Lipinski definition) is 3. The molecule has 0 aliphatic carbocycles. The van der Waals surface area contributed by atoms with E-state index in [4.69, 9.17) is 5.73 Å². The van der Waals surface area contributed by atoms with Crippen LogP contribution in [0.25, 0.3) is 0 Å². The molecule has 0 radical (unpaired) electrons. The lowest BCUT2D eigenvalue weighted by Gasteiger charge is -2.28. The molecule has 0 bridgehead atoms. The number of nitrogen functional groups attached to an aromatic ring is 1. The number of nitrogens with zero attached hydrogens (tertiary/aromatic N) is 2. The lowest BCUT2D eigenvalue weighted by molar-refractivity contribution is 0.0708. The summed E-state index contributed by atoms with van der Waals surface area (Å²) in [5.74, 6) is 0.359. The van der Waals surface area contributed by atoms with Crippen molar-refractivity contribution in [2.45, 2.75) is 26.8 Å². The van der Waals surface area contributed by atoms with E-state index in [0.717, 1.165) is 0 Å². The SMILES string of the molecule is CC(C)C(C)N(C)C(=O)c1ccncc1N. The maximum Gasteiger partial charge on any atom is 0.256 e.